The number of sulfonamides is 1. The summed E-state index contributed by atoms with van der Waals surface area (Å²) in [5, 5.41) is 0. The number of nitrogens with one attached hydrogen (secondary N) is 1. The van der Waals surface area contributed by atoms with E-state index in [0.717, 1.165) is 18.9 Å². The van der Waals surface area contributed by atoms with Crippen molar-refractivity contribution in [2.24, 2.45) is 0 Å². The quantitative estimate of drug-likeness (QED) is 0.583. The van der Waals surface area contributed by atoms with Crippen molar-refractivity contribution in [1.29, 1.82) is 0 Å². The van der Waals surface area contributed by atoms with E-state index in [0.29, 0.717) is 5.56 Å². The van der Waals surface area contributed by atoms with Crippen LogP contribution in [-0.2, 0) is 16.6 Å². The molecule has 3 aromatic rings. The van der Waals surface area contributed by atoms with Gasteiger partial charge in [-0.3, -0.25) is 9.52 Å². The maximum absolute atomic E-state index is 14.1. The van der Waals surface area contributed by atoms with Gasteiger partial charge in [0.05, 0.1) is 10.6 Å². The third-order valence-electron chi connectivity index (χ3n) is 5.06. The summed E-state index contributed by atoms with van der Waals surface area (Å²) >= 11 is 0. The van der Waals surface area contributed by atoms with Crippen LogP contribution >= 0.6 is 0 Å². The number of nitrogens with zero attached hydrogens (tertiary/aromatic N) is 1. The number of benzene rings is 3. The van der Waals surface area contributed by atoms with Gasteiger partial charge in [-0.25, -0.2) is 17.2 Å². The molecule has 0 heterocycles. The highest BCUT2D eigenvalue weighted by molar-refractivity contribution is 7.92. The smallest absolute Gasteiger partial charge is 0.262 e. The zero-order valence-electron chi connectivity index (χ0n) is 16.5. The van der Waals surface area contributed by atoms with Crippen LogP contribution in [-0.4, -0.2) is 25.3 Å². The lowest BCUT2D eigenvalue weighted by molar-refractivity contribution is 0.0728. The predicted octanol–water partition coefficient (Wildman–Crippen LogP) is 4.57. The molecule has 1 aliphatic carbocycles. The van der Waals surface area contributed by atoms with Gasteiger partial charge in [0.25, 0.3) is 15.9 Å². The van der Waals surface area contributed by atoms with Crippen LogP contribution in [0.1, 0.15) is 28.8 Å². The van der Waals surface area contributed by atoms with Gasteiger partial charge in [-0.15, -0.1) is 0 Å². The van der Waals surface area contributed by atoms with Crippen molar-refractivity contribution in [1.82, 2.24) is 4.90 Å². The molecule has 0 radical (unpaired) electrons. The number of hydrogen-bond donors (Lipinski definition) is 1. The molecule has 160 valence electrons. The lowest BCUT2D eigenvalue weighted by Crippen LogP contribution is -2.33. The van der Waals surface area contributed by atoms with Crippen LogP contribution in [0, 0.1) is 11.6 Å². The molecule has 1 aliphatic rings. The fraction of sp³-hybridized carbons (Fsp3) is 0.174. The van der Waals surface area contributed by atoms with Crippen molar-refractivity contribution < 1.29 is 22.0 Å². The lowest BCUT2D eigenvalue weighted by atomic mass is 10.1. The van der Waals surface area contributed by atoms with Crippen LogP contribution in [0.15, 0.2) is 77.7 Å². The Morgan fingerprint density at radius 1 is 0.935 bits per heavy atom. The normalized spacial score (nSPS) is 13.6. The fourth-order valence-electron chi connectivity index (χ4n) is 3.27. The summed E-state index contributed by atoms with van der Waals surface area (Å²) in [4.78, 5) is 14.6. The van der Waals surface area contributed by atoms with Crippen LogP contribution < -0.4 is 4.72 Å². The SMILES string of the molecule is O=C(c1cccc(S(=O)(=O)Nc2ccccc2F)c1)N(Cc1ccccc1F)C1CC1. The van der Waals surface area contributed by atoms with Gasteiger partial charge in [0.2, 0.25) is 0 Å². The first-order chi connectivity index (χ1) is 14.8. The molecule has 8 heteroatoms. The predicted molar refractivity (Wildman–Crippen MR) is 113 cm³/mol. The minimum Gasteiger partial charge on any atom is -0.331 e. The van der Waals surface area contributed by atoms with E-state index in [2.05, 4.69) is 4.72 Å². The summed E-state index contributed by atoms with van der Waals surface area (Å²) in [7, 11) is -4.11. The second-order valence-electron chi connectivity index (χ2n) is 7.37. The Balaban J connectivity index is 1.60. The average molecular weight is 442 g/mol. The molecule has 5 nitrogen and oxygen atoms in total. The molecule has 0 aromatic heterocycles. The maximum Gasteiger partial charge on any atom is 0.262 e. The van der Waals surface area contributed by atoms with Gasteiger partial charge in [-0.05, 0) is 49.2 Å². The van der Waals surface area contributed by atoms with E-state index in [9.17, 15) is 22.0 Å². The van der Waals surface area contributed by atoms with Crippen molar-refractivity contribution in [3.8, 4) is 0 Å². The highest BCUT2D eigenvalue weighted by Crippen LogP contribution is 2.31. The minimum atomic E-state index is -4.11. The van der Waals surface area contributed by atoms with Crippen molar-refractivity contribution in [2.45, 2.75) is 30.3 Å². The number of carbonyl (C=O) groups is 1. The van der Waals surface area contributed by atoms with Crippen molar-refractivity contribution in [3.63, 3.8) is 0 Å². The Hall–Kier alpha value is -3.26. The molecule has 3 aromatic carbocycles. The Labute approximate surface area is 179 Å². The molecule has 1 amide bonds. The molecule has 1 fully saturated rings. The molecule has 0 spiro atoms. The molecule has 1 N–H and O–H groups in total. The topological polar surface area (TPSA) is 66.5 Å². The number of halogens is 2. The first-order valence-corrected chi connectivity index (χ1v) is 11.3. The fourth-order valence-corrected chi connectivity index (χ4v) is 4.39. The first-order valence-electron chi connectivity index (χ1n) is 9.77. The largest absolute Gasteiger partial charge is 0.331 e. The Kier molecular flexibility index (Phi) is 5.73. The van der Waals surface area contributed by atoms with E-state index in [1.165, 1.54) is 48.5 Å². The third kappa shape index (κ3) is 4.74. The zero-order valence-corrected chi connectivity index (χ0v) is 17.3. The first kappa shape index (κ1) is 21.0. The van der Waals surface area contributed by atoms with Crippen molar-refractivity contribution >= 4 is 21.6 Å². The summed E-state index contributed by atoms with van der Waals surface area (Å²) in [6.45, 7) is 0.0978. The summed E-state index contributed by atoms with van der Waals surface area (Å²) in [6, 6.07) is 17.2. The number of rotatable bonds is 7. The summed E-state index contributed by atoms with van der Waals surface area (Å²) < 4.78 is 55.6. The van der Waals surface area contributed by atoms with Crippen LogP contribution in [0.4, 0.5) is 14.5 Å². The third-order valence-corrected chi connectivity index (χ3v) is 6.42. The molecule has 1 saturated carbocycles. The molecule has 0 aliphatic heterocycles. The van der Waals surface area contributed by atoms with Gasteiger partial charge in [0, 0.05) is 23.7 Å². The number of carbonyl (C=O) groups excluding carboxylic acids is 1. The van der Waals surface area contributed by atoms with E-state index in [1.807, 2.05) is 0 Å². The van der Waals surface area contributed by atoms with Crippen LogP contribution in [0.25, 0.3) is 0 Å². The highest BCUT2D eigenvalue weighted by Gasteiger charge is 2.34. The van der Waals surface area contributed by atoms with Crippen LogP contribution in [0.2, 0.25) is 0 Å². The van der Waals surface area contributed by atoms with E-state index in [1.54, 1.807) is 23.1 Å². The maximum atomic E-state index is 14.1. The van der Waals surface area contributed by atoms with Gasteiger partial charge in [-0.2, -0.15) is 0 Å². The summed E-state index contributed by atoms with van der Waals surface area (Å²) in [6.07, 6.45) is 1.63. The van der Waals surface area contributed by atoms with Gasteiger partial charge in [0.15, 0.2) is 0 Å². The molecule has 0 saturated heterocycles. The molecule has 31 heavy (non-hydrogen) atoms. The molecule has 0 unspecified atom stereocenters. The molecule has 0 atom stereocenters. The second-order valence-corrected chi connectivity index (χ2v) is 9.05. The van der Waals surface area contributed by atoms with E-state index < -0.39 is 21.7 Å². The second kappa shape index (κ2) is 8.47. The van der Waals surface area contributed by atoms with Gasteiger partial charge < -0.3 is 4.90 Å². The molecular weight excluding hydrogens is 422 g/mol. The summed E-state index contributed by atoms with van der Waals surface area (Å²) in [5.41, 5.74) is 0.380. The molecule has 0 bridgehead atoms. The van der Waals surface area contributed by atoms with E-state index in [-0.39, 0.29) is 34.6 Å². The van der Waals surface area contributed by atoms with E-state index >= 15 is 0 Å². The highest BCUT2D eigenvalue weighted by atomic mass is 32.2. The number of amides is 1. The van der Waals surface area contributed by atoms with E-state index in [4.69, 9.17) is 0 Å². The molecular formula is C23H20F2N2O3S. The van der Waals surface area contributed by atoms with Gasteiger partial charge in [-0.1, -0.05) is 36.4 Å². The minimum absolute atomic E-state index is 0.0103. The van der Waals surface area contributed by atoms with Gasteiger partial charge >= 0.3 is 0 Å². The number of hydrogen-bond acceptors (Lipinski definition) is 3. The number of anilines is 1. The summed E-state index contributed by atoms with van der Waals surface area (Å²) in [5.74, 6) is -1.48. The number of para-hydroxylation sites is 1. The average Bonchev–Trinajstić information content (AvgIpc) is 3.60. The van der Waals surface area contributed by atoms with Crippen molar-refractivity contribution in [3.05, 3.63) is 95.6 Å². The molecule has 4 rings (SSSR count). The van der Waals surface area contributed by atoms with Crippen LogP contribution in [0.5, 0.6) is 0 Å². The van der Waals surface area contributed by atoms with Crippen LogP contribution in [0.3, 0.4) is 0 Å². The monoisotopic (exact) mass is 442 g/mol. The lowest BCUT2D eigenvalue weighted by Gasteiger charge is -2.23. The standard InChI is InChI=1S/C23H20F2N2O3S/c24-20-9-2-1-6-17(20)15-27(18-12-13-18)23(28)16-7-5-8-19(14-16)31(29,30)26-22-11-4-3-10-21(22)25/h1-11,14,18,26H,12-13,15H2. The Morgan fingerprint density at radius 3 is 2.29 bits per heavy atom. The zero-order chi connectivity index (χ0) is 22.0. The Bertz CT molecular complexity index is 1230. The van der Waals surface area contributed by atoms with Gasteiger partial charge in [0.1, 0.15) is 11.6 Å². The Morgan fingerprint density at radius 2 is 1.61 bits per heavy atom. The van der Waals surface area contributed by atoms with Crippen molar-refractivity contribution in [2.75, 3.05) is 4.72 Å².